The molecule has 4 heteroatoms. The van der Waals surface area contributed by atoms with Gasteiger partial charge in [0.25, 0.3) is 0 Å². The first-order chi connectivity index (χ1) is 9.51. The minimum Gasteiger partial charge on any atom is -0.503 e. The number of likely N-dealkylation sites (tertiary alicyclic amines) is 1. The number of aromatic hydroxyl groups is 1. The van der Waals surface area contributed by atoms with Gasteiger partial charge in [0.05, 0.1) is 11.1 Å². The fourth-order valence-corrected chi connectivity index (χ4v) is 3.28. The van der Waals surface area contributed by atoms with Gasteiger partial charge in [-0.1, -0.05) is 13.8 Å². The molecule has 1 N–H and O–H groups in total. The first kappa shape index (κ1) is 15.6. The van der Waals surface area contributed by atoms with Gasteiger partial charge in [-0.3, -0.25) is 4.90 Å². The number of rotatable bonds is 5. The average molecular weight is 342 g/mol. The zero-order chi connectivity index (χ0) is 14.7. The van der Waals surface area contributed by atoms with Crippen LogP contribution in [0.5, 0.6) is 11.5 Å². The predicted molar refractivity (Wildman–Crippen MR) is 85.2 cm³/mol. The Bertz CT molecular complexity index is 462. The second-order valence-corrected chi connectivity index (χ2v) is 6.74. The van der Waals surface area contributed by atoms with Crippen molar-refractivity contribution >= 4 is 15.9 Å². The van der Waals surface area contributed by atoms with Crippen LogP contribution in [0.3, 0.4) is 0 Å². The van der Waals surface area contributed by atoms with Gasteiger partial charge in [-0.2, -0.15) is 0 Å². The number of phenols is 1. The van der Waals surface area contributed by atoms with Crippen molar-refractivity contribution in [2.24, 2.45) is 11.8 Å². The molecule has 0 aromatic heterocycles. The van der Waals surface area contributed by atoms with Gasteiger partial charge >= 0.3 is 0 Å². The van der Waals surface area contributed by atoms with Gasteiger partial charge in [0.15, 0.2) is 11.5 Å². The molecule has 1 aromatic rings. The molecule has 20 heavy (non-hydrogen) atoms. The van der Waals surface area contributed by atoms with E-state index >= 15 is 0 Å². The van der Waals surface area contributed by atoms with Crippen molar-refractivity contribution in [1.29, 1.82) is 0 Å². The topological polar surface area (TPSA) is 32.7 Å². The molecule has 0 spiro atoms. The molecule has 0 saturated carbocycles. The summed E-state index contributed by atoms with van der Waals surface area (Å²) in [6.07, 6.45) is 1.29. The van der Waals surface area contributed by atoms with Crippen LogP contribution in [0.2, 0.25) is 0 Å². The molecular formula is C16H24BrNO2. The Morgan fingerprint density at radius 1 is 1.45 bits per heavy atom. The second kappa shape index (κ2) is 6.81. The molecule has 0 radical (unpaired) electrons. The van der Waals surface area contributed by atoms with Crippen LogP contribution in [0.15, 0.2) is 16.6 Å². The fourth-order valence-electron chi connectivity index (χ4n) is 2.79. The molecule has 1 saturated heterocycles. The Morgan fingerprint density at radius 2 is 2.20 bits per heavy atom. The van der Waals surface area contributed by atoms with E-state index in [0.717, 1.165) is 24.9 Å². The zero-order valence-electron chi connectivity index (χ0n) is 12.5. The van der Waals surface area contributed by atoms with E-state index in [1.807, 2.05) is 19.1 Å². The van der Waals surface area contributed by atoms with Crippen molar-refractivity contribution < 1.29 is 9.84 Å². The van der Waals surface area contributed by atoms with Crippen LogP contribution < -0.4 is 4.74 Å². The highest BCUT2D eigenvalue weighted by Gasteiger charge is 2.25. The number of hydrogen-bond acceptors (Lipinski definition) is 3. The average Bonchev–Trinajstić information content (AvgIpc) is 2.84. The van der Waals surface area contributed by atoms with E-state index < -0.39 is 0 Å². The van der Waals surface area contributed by atoms with Crippen LogP contribution in [-0.4, -0.2) is 29.7 Å². The third-order valence-electron chi connectivity index (χ3n) is 4.05. The first-order valence-corrected chi connectivity index (χ1v) is 8.17. The standard InChI is InChI=1S/C16H24BrNO2/c1-4-20-15-8-12(7-14(17)16(15)19)9-18-6-5-13(10-18)11(2)3/h7-8,11,13,19H,4-6,9-10H2,1-3H3. The maximum atomic E-state index is 9.94. The van der Waals surface area contributed by atoms with Gasteiger partial charge in [0.1, 0.15) is 0 Å². The van der Waals surface area contributed by atoms with Gasteiger partial charge < -0.3 is 9.84 Å². The van der Waals surface area contributed by atoms with E-state index in [1.54, 1.807) is 0 Å². The minimum absolute atomic E-state index is 0.192. The van der Waals surface area contributed by atoms with E-state index in [4.69, 9.17) is 4.74 Å². The first-order valence-electron chi connectivity index (χ1n) is 7.37. The van der Waals surface area contributed by atoms with Crippen molar-refractivity contribution in [2.75, 3.05) is 19.7 Å². The monoisotopic (exact) mass is 341 g/mol. The number of halogens is 1. The number of benzene rings is 1. The van der Waals surface area contributed by atoms with Crippen LogP contribution in [-0.2, 0) is 6.54 Å². The number of hydrogen-bond donors (Lipinski definition) is 1. The Labute approximate surface area is 130 Å². The number of ether oxygens (including phenoxy) is 1. The Morgan fingerprint density at radius 3 is 2.80 bits per heavy atom. The number of phenolic OH excluding ortho intramolecular Hbond substituents is 1. The molecule has 0 amide bonds. The lowest BCUT2D eigenvalue weighted by molar-refractivity contribution is 0.293. The summed E-state index contributed by atoms with van der Waals surface area (Å²) in [5.41, 5.74) is 1.18. The molecule has 112 valence electrons. The second-order valence-electron chi connectivity index (χ2n) is 5.89. The lowest BCUT2D eigenvalue weighted by atomic mass is 9.95. The van der Waals surface area contributed by atoms with E-state index in [0.29, 0.717) is 16.8 Å². The molecule has 1 aliphatic heterocycles. The summed E-state index contributed by atoms with van der Waals surface area (Å²) in [5.74, 6) is 2.32. The molecule has 1 unspecified atom stereocenters. The lowest BCUT2D eigenvalue weighted by Crippen LogP contribution is -2.21. The van der Waals surface area contributed by atoms with Crippen LogP contribution >= 0.6 is 15.9 Å². The Balaban J connectivity index is 2.06. The maximum absolute atomic E-state index is 9.94. The SMILES string of the molecule is CCOc1cc(CN2CCC(C(C)C)C2)cc(Br)c1O. The predicted octanol–water partition coefficient (Wildman–Crippen LogP) is 4.03. The fraction of sp³-hybridized carbons (Fsp3) is 0.625. The molecule has 1 aromatic carbocycles. The van der Waals surface area contributed by atoms with Crippen molar-refractivity contribution in [3.63, 3.8) is 0 Å². The van der Waals surface area contributed by atoms with Crippen LogP contribution in [0.1, 0.15) is 32.8 Å². The number of nitrogens with zero attached hydrogens (tertiary/aromatic N) is 1. The maximum Gasteiger partial charge on any atom is 0.172 e. The Hall–Kier alpha value is -0.740. The van der Waals surface area contributed by atoms with Gasteiger partial charge in [0.2, 0.25) is 0 Å². The molecule has 1 fully saturated rings. The summed E-state index contributed by atoms with van der Waals surface area (Å²) >= 11 is 3.40. The summed E-state index contributed by atoms with van der Waals surface area (Å²) in [6.45, 7) is 10.3. The van der Waals surface area contributed by atoms with E-state index in [1.165, 1.54) is 18.5 Å². The molecule has 1 atom stereocenters. The molecule has 0 bridgehead atoms. The zero-order valence-corrected chi connectivity index (χ0v) is 14.1. The highest BCUT2D eigenvalue weighted by atomic mass is 79.9. The van der Waals surface area contributed by atoms with Crippen LogP contribution in [0.4, 0.5) is 0 Å². The summed E-state index contributed by atoms with van der Waals surface area (Å²) in [7, 11) is 0. The van der Waals surface area contributed by atoms with Crippen molar-refractivity contribution in [3.8, 4) is 11.5 Å². The molecule has 3 nitrogen and oxygen atoms in total. The highest BCUT2D eigenvalue weighted by Crippen LogP contribution is 2.36. The highest BCUT2D eigenvalue weighted by molar-refractivity contribution is 9.10. The summed E-state index contributed by atoms with van der Waals surface area (Å²) in [6, 6.07) is 3.94. The van der Waals surface area contributed by atoms with Gasteiger partial charge in [-0.25, -0.2) is 0 Å². The van der Waals surface area contributed by atoms with Crippen LogP contribution in [0, 0.1) is 11.8 Å². The summed E-state index contributed by atoms with van der Waals surface area (Å²) in [5, 5.41) is 9.94. The van der Waals surface area contributed by atoms with Gasteiger partial charge in [0, 0.05) is 13.1 Å². The van der Waals surface area contributed by atoms with E-state index in [-0.39, 0.29) is 5.75 Å². The summed E-state index contributed by atoms with van der Waals surface area (Å²) < 4.78 is 6.19. The molecular weight excluding hydrogens is 318 g/mol. The summed E-state index contributed by atoms with van der Waals surface area (Å²) in [4.78, 5) is 2.49. The quantitative estimate of drug-likeness (QED) is 0.877. The normalized spacial score (nSPS) is 19.8. The molecule has 0 aliphatic carbocycles. The third-order valence-corrected chi connectivity index (χ3v) is 4.65. The molecule has 1 heterocycles. The van der Waals surface area contributed by atoms with Gasteiger partial charge in [-0.05, 0) is 65.4 Å². The third kappa shape index (κ3) is 3.67. The minimum atomic E-state index is 0.192. The molecule has 2 rings (SSSR count). The van der Waals surface area contributed by atoms with Crippen molar-refractivity contribution in [1.82, 2.24) is 4.90 Å². The van der Waals surface area contributed by atoms with E-state index in [9.17, 15) is 5.11 Å². The van der Waals surface area contributed by atoms with Gasteiger partial charge in [-0.15, -0.1) is 0 Å². The van der Waals surface area contributed by atoms with E-state index in [2.05, 4.69) is 34.7 Å². The Kier molecular flexibility index (Phi) is 5.33. The molecule has 1 aliphatic rings. The van der Waals surface area contributed by atoms with Crippen molar-refractivity contribution in [3.05, 3.63) is 22.2 Å². The largest absolute Gasteiger partial charge is 0.503 e. The van der Waals surface area contributed by atoms with Crippen molar-refractivity contribution in [2.45, 2.75) is 33.7 Å². The van der Waals surface area contributed by atoms with Crippen LogP contribution in [0.25, 0.3) is 0 Å². The smallest absolute Gasteiger partial charge is 0.172 e. The lowest BCUT2D eigenvalue weighted by Gasteiger charge is -2.19.